The van der Waals surface area contributed by atoms with Gasteiger partial charge < -0.3 is 10.6 Å². The summed E-state index contributed by atoms with van der Waals surface area (Å²) in [6.07, 6.45) is 2.33. The summed E-state index contributed by atoms with van der Waals surface area (Å²) in [5.74, 6) is 1.86. The summed E-state index contributed by atoms with van der Waals surface area (Å²) in [5.41, 5.74) is 1.26. The van der Waals surface area contributed by atoms with Crippen molar-refractivity contribution in [3.05, 3.63) is 34.9 Å². The Bertz CT molecular complexity index is 704. The minimum absolute atomic E-state index is 0.186. The van der Waals surface area contributed by atoms with E-state index in [1.54, 1.807) is 0 Å². The van der Waals surface area contributed by atoms with Crippen LogP contribution in [0.3, 0.4) is 0 Å². The third-order valence-electron chi connectivity index (χ3n) is 5.29. The first-order valence-corrected chi connectivity index (χ1v) is 12.3. The van der Waals surface area contributed by atoms with E-state index >= 15 is 0 Å². The molecule has 1 heterocycles. The Labute approximate surface area is 184 Å². The summed E-state index contributed by atoms with van der Waals surface area (Å²) in [6.45, 7) is 11.4. The number of piperidine rings is 1. The molecule has 3 atom stereocenters. The highest BCUT2D eigenvalue weighted by Gasteiger charge is 2.30. The third-order valence-corrected chi connectivity index (χ3v) is 7.46. The second-order valence-corrected chi connectivity index (χ2v) is 11.5. The van der Waals surface area contributed by atoms with E-state index in [-0.39, 0.29) is 4.75 Å². The molecule has 1 aromatic carbocycles. The molecule has 1 aliphatic heterocycles. The summed E-state index contributed by atoms with van der Waals surface area (Å²) in [5, 5.41) is 7.45. The van der Waals surface area contributed by atoms with Crippen molar-refractivity contribution < 1.29 is 4.21 Å². The van der Waals surface area contributed by atoms with Crippen LogP contribution in [0.4, 0.5) is 0 Å². The quantitative estimate of drug-likeness (QED) is 0.499. The molecule has 2 N–H and O–H groups in total. The summed E-state index contributed by atoms with van der Waals surface area (Å²) in [4.78, 5) is 7.28. The molecule has 1 aromatic rings. The molecule has 29 heavy (non-hydrogen) atoms. The largest absolute Gasteiger partial charge is 0.357 e. The maximum Gasteiger partial charge on any atom is 0.191 e. The van der Waals surface area contributed by atoms with E-state index < -0.39 is 10.8 Å². The Morgan fingerprint density at radius 2 is 2.10 bits per heavy atom. The zero-order valence-corrected chi connectivity index (χ0v) is 20.1. The van der Waals surface area contributed by atoms with Crippen LogP contribution >= 0.6 is 11.6 Å². The van der Waals surface area contributed by atoms with Gasteiger partial charge in [0.2, 0.25) is 0 Å². The van der Waals surface area contributed by atoms with Crippen molar-refractivity contribution in [3.63, 3.8) is 0 Å². The first-order valence-electron chi connectivity index (χ1n) is 10.6. The Morgan fingerprint density at radius 3 is 2.76 bits per heavy atom. The SMILES string of the molecule is CCNC(=NCC1CCCN(C)C1c1cccc(Cl)c1)NCCS(=O)C(C)(C)C. The standard InChI is InChI=1S/C22H37ClN4OS/c1-6-24-21(25-12-14-29(28)22(2,3)4)26-16-18-10-8-13-27(5)20(18)17-9-7-11-19(23)15-17/h7,9,11,15,18,20H,6,8,10,12-14,16H2,1-5H3,(H2,24,25,26). The van der Waals surface area contributed by atoms with Gasteiger partial charge >= 0.3 is 0 Å². The number of rotatable bonds is 7. The molecule has 1 saturated heterocycles. The van der Waals surface area contributed by atoms with Crippen LogP contribution in [0.1, 0.15) is 52.1 Å². The minimum atomic E-state index is -0.868. The van der Waals surface area contributed by atoms with Crippen molar-refractivity contribution in [2.24, 2.45) is 10.9 Å². The van der Waals surface area contributed by atoms with Crippen LogP contribution in [0.15, 0.2) is 29.3 Å². The number of benzene rings is 1. The van der Waals surface area contributed by atoms with Gasteiger partial charge in [-0.25, -0.2) is 0 Å². The van der Waals surface area contributed by atoms with Gasteiger partial charge in [-0.05, 0) is 77.7 Å². The van der Waals surface area contributed by atoms with Crippen molar-refractivity contribution in [1.29, 1.82) is 0 Å². The van der Waals surface area contributed by atoms with E-state index in [0.717, 1.165) is 37.0 Å². The molecule has 0 saturated carbocycles. The first-order chi connectivity index (χ1) is 13.7. The highest BCUT2D eigenvalue weighted by molar-refractivity contribution is 7.86. The van der Waals surface area contributed by atoms with Gasteiger partial charge in [-0.2, -0.15) is 0 Å². The van der Waals surface area contributed by atoms with Crippen molar-refractivity contribution in [2.45, 2.75) is 51.3 Å². The van der Waals surface area contributed by atoms with Gasteiger partial charge in [-0.1, -0.05) is 23.7 Å². The van der Waals surface area contributed by atoms with Gasteiger partial charge in [0.05, 0.1) is 0 Å². The number of aliphatic imine (C=N–C) groups is 1. The van der Waals surface area contributed by atoms with Crippen LogP contribution in [0.5, 0.6) is 0 Å². The van der Waals surface area contributed by atoms with Crippen molar-refractivity contribution >= 4 is 28.4 Å². The van der Waals surface area contributed by atoms with E-state index in [0.29, 0.717) is 24.3 Å². The highest BCUT2D eigenvalue weighted by atomic mass is 35.5. The molecule has 0 radical (unpaired) electrons. The molecule has 3 unspecified atom stereocenters. The van der Waals surface area contributed by atoms with Gasteiger partial charge in [0, 0.05) is 52.0 Å². The minimum Gasteiger partial charge on any atom is -0.357 e. The van der Waals surface area contributed by atoms with E-state index in [1.807, 2.05) is 32.9 Å². The third kappa shape index (κ3) is 7.58. The zero-order valence-electron chi connectivity index (χ0n) is 18.5. The topological polar surface area (TPSA) is 56.7 Å². The molecule has 7 heteroatoms. The number of guanidine groups is 1. The summed E-state index contributed by atoms with van der Waals surface area (Å²) >= 11 is 6.25. The summed E-state index contributed by atoms with van der Waals surface area (Å²) < 4.78 is 12.1. The van der Waals surface area contributed by atoms with E-state index in [1.165, 1.54) is 12.0 Å². The smallest absolute Gasteiger partial charge is 0.191 e. The lowest BCUT2D eigenvalue weighted by Crippen LogP contribution is -2.42. The Kier molecular flexibility index (Phi) is 9.44. The number of hydrogen-bond donors (Lipinski definition) is 2. The van der Waals surface area contributed by atoms with E-state index in [4.69, 9.17) is 16.6 Å². The lowest BCUT2D eigenvalue weighted by Gasteiger charge is -2.39. The predicted molar refractivity (Wildman–Crippen MR) is 126 cm³/mol. The molecule has 1 fully saturated rings. The summed E-state index contributed by atoms with van der Waals surface area (Å²) in [6, 6.07) is 8.52. The average Bonchev–Trinajstić information content (AvgIpc) is 2.65. The highest BCUT2D eigenvalue weighted by Crippen LogP contribution is 2.36. The zero-order chi connectivity index (χ0) is 21.4. The lowest BCUT2D eigenvalue weighted by atomic mass is 9.85. The van der Waals surface area contributed by atoms with Gasteiger partial charge in [-0.3, -0.25) is 14.1 Å². The van der Waals surface area contributed by atoms with Gasteiger partial charge in [0.25, 0.3) is 0 Å². The summed E-state index contributed by atoms with van der Waals surface area (Å²) in [7, 11) is 1.32. The molecule has 2 rings (SSSR count). The molecular weight excluding hydrogens is 404 g/mol. The molecule has 0 bridgehead atoms. The van der Waals surface area contributed by atoms with Crippen molar-refractivity contribution in [2.75, 3.05) is 39.0 Å². The Hall–Kier alpha value is -1.11. The molecule has 0 aromatic heterocycles. The number of hydrogen-bond acceptors (Lipinski definition) is 3. The monoisotopic (exact) mass is 440 g/mol. The van der Waals surface area contributed by atoms with Crippen LogP contribution in [0.2, 0.25) is 5.02 Å². The fourth-order valence-corrected chi connectivity index (χ4v) is 4.89. The van der Waals surface area contributed by atoms with Crippen LogP contribution in [0.25, 0.3) is 0 Å². The average molecular weight is 441 g/mol. The number of nitrogens with zero attached hydrogens (tertiary/aromatic N) is 2. The lowest BCUT2D eigenvalue weighted by molar-refractivity contribution is 0.125. The fourth-order valence-electron chi connectivity index (χ4n) is 3.79. The molecular formula is C22H37ClN4OS. The van der Waals surface area contributed by atoms with Crippen LogP contribution in [-0.4, -0.2) is 58.8 Å². The van der Waals surface area contributed by atoms with E-state index in [9.17, 15) is 4.21 Å². The molecule has 0 spiro atoms. The number of likely N-dealkylation sites (tertiary alicyclic amines) is 1. The predicted octanol–water partition coefficient (Wildman–Crippen LogP) is 3.83. The van der Waals surface area contributed by atoms with Gasteiger partial charge in [0.15, 0.2) is 5.96 Å². The van der Waals surface area contributed by atoms with Gasteiger partial charge in [0.1, 0.15) is 0 Å². The van der Waals surface area contributed by atoms with Crippen LogP contribution in [0, 0.1) is 5.92 Å². The molecule has 1 aliphatic rings. The Balaban J connectivity index is 2.04. The van der Waals surface area contributed by atoms with Crippen LogP contribution in [-0.2, 0) is 10.8 Å². The first kappa shape index (κ1) is 24.2. The maximum absolute atomic E-state index is 12.3. The number of nitrogens with one attached hydrogen (secondary N) is 2. The fraction of sp³-hybridized carbons (Fsp3) is 0.682. The van der Waals surface area contributed by atoms with Crippen LogP contribution < -0.4 is 10.6 Å². The van der Waals surface area contributed by atoms with Gasteiger partial charge in [-0.15, -0.1) is 0 Å². The molecule has 0 aliphatic carbocycles. The second-order valence-electron chi connectivity index (χ2n) is 8.69. The van der Waals surface area contributed by atoms with Crippen molar-refractivity contribution in [1.82, 2.24) is 15.5 Å². The molecule has 5 nitrogen and oxygen atoms in total. The van der Waals surface area contributed by atoms with E-state index in [2.05, 4.69) is 41.6 Å². The molecule has 0 amide bonds. The molecule has 164 valence electrons. The van der Waals surface area contributed by atoms with Crippen molar-refractivity contribution in [3.8, 4) is 0 Å². The number of halogens is 1. The Morgan fingerprint density at radius 1 is 1.34 bits per heavy atom. The normalized spacial score (nSPS) is 22.3. The second kappa shape index (κ2) is 11.3. The maximum atomic E-state index is 12.3.